The smallest absolute Gasteiger partial charge is 0.223 e. The van der Waals surface area contributed by atoms with Crippen LogP contribution >= 0.6 is 0 Å². The molecular formula is C10H15NO3. The van der Waals surface area contributed by atoms with Crippen LogP contribution in [0.4, 0.5) is 0 Å². The SMILES string of the molecule is CCCCC(=O)N1CC(=O)CC(=O)C1. The average Bonchev–Trinajstić information content (AvgIpc) is 2.12. The van der Waals surface area contributed by atoms with Crippen molar-refractivity contribution < 1.29 is 14.4 Å². The molecule has 1 amide bonds. The van der Waals surface area contributed by atoms with Crippen molar-refractivity contribution in [3.05, 3.63) is 0 Å². The van der Waals surface area contributed by atoms with Crippen LogP contribution in [0.2, 0.25) is 0 Å². The fraction of sp³-hybridized carbons (Fsp3) is 0.700. The molecule has 1 aliphatic rings. The third-order valence-corrected chi connectivity index (χ3v) is 2.23. The van der Waals surface area contributed by atoms with Crippen LogP contribution in [0.5, 0.6) is 0 Å². The minimum absolute atomic E-state index is 0.00242. The van der Waals surface area contributed by atoms with Gasteiger partial charge in [0, 0.05) is 6.42 Å². The number of hydrogen-bond acceptors (Lipinski definition) is 3. The van der Waals surface area contributed by atoms with E-state index in [2.05, 4.69) is 0 Å². The molecule has 0 bridgehead atoms. The van der Waals surface area contributed by atoms with E-state index in [9.17, 15) is 14.4 Å². The molecule has 0 aliphatic carbocycles. The Morgan fingerprint density at radius 1 is 1.29 bits per heavy atom. The monoisotopic (exact) mass is 197 g/mol. The normalized spacial score (nSPS) is 17.4. The number of rotatable bonds is 3. The highest BCUT2D eigenvalue weighted by Crippen LogP contribution is 2.06. The lowest BCUT2D eigenvalue weighted by molar-refractivity contribution is -0.143. The van der Waals surface area contributed by atoms with Crippen molar-refractivity contribution >= 4 is 17.5 Å². The van der Waals surface area contributed by atoms with Gasteiger partial charge in [0.05, 0.1) is 19.5 Å². The van der Waals surface area contributed by atoms with Gasteiger partial charge in [-0.05, 0) is 6.42 Å². The van der Waals surface area contributed by atoms with Crippen LogP contribution in [0.3, 0.4) is 0 Å². The maximum Gasteiger partial charge on any atom is 0.223 e. The van der Waals surface area contributed by atoms with Crippen LogP contribution in [-0.4, -0.2) is 35.5 Å². The Labute approximate surface area is 83.3 Å². The van der Waals surface area contributed by atoms with Gasteiger partial charge < -0.3 is 4.90 Å². The summed E-state index contributed by atoms with van der Waals surface area (Å²) in [5.41, 5.74) is 0. The molecule has 1 rings (SSSR count). The molecule has 0 radical (unpaired) electrons. The molecule has 1 heterocycles. The topological polar surface area (TPSA) is 54.5 Å². The van der Waals surface area contributed by atoms with Gasteiger partial charge in [-0.1, -0.05) is 13.3 Å². The highest BCUT2D eigenvalue weighted by Gasteiger charge is 2.25. The van der Waals surface area contributed by atoms with Gasteiger partial charge in [0.1, 0.15) is 0 Å². The van der Waals surface area contributed by atoms with E-state index in [1.165, 1.54) is 4.90 Å². The van der Waals surface area contributed by atoms with Crippen LogP contribution in [-0.2, 0) is 14.4 Å². The van der Waals surface area contributed by atoms with Crippen molar-refractivity contribution in [2.45, 2.75) is 32.6 Å². The first kappa shape index (κ1) is 10.9. The van der Waals surface area contributed by atoms with Gasteiger partial charge in [-0.25, -0.2) is 0 Å². The molecule has 78 valence electrons. The lowest BCUT2D eigenvalue weighted by Crippen LogP contribution is -2.44. The molecule has 4 nitrogen and oxygen atoms in total. The summed E-state index contributed by atoms with van der Waals surface area (Å²) in [6, 6.07) is 0. The minimum Gasteiger partial charge on any atom is -0.328 e. The van der Waals surface area contributed by atoms with Gasteiger partial charge in [-0.3, -0.25) is 14.4 Å². The van der Waals surface area contributed by atoms with Crippen LogP contribution in [0, 0.1) is 0 Å². The predicted molar refractivity (Wildman–Crippen MR) is 50.7 cm³/mol. The predicted octanol–water partition coefficient (Wildman–Crippen LogP) is 0.547. The summed E-state index contributed by atoms with van der Waals surface area (Å²) in [5, 5.41) is 0. The number of carbonyl (C=O) groups is 3. The Morgan fingerprint density at radius 3 is 2.36 bits per heavy atom. The summed E-state index contributed by atoms with van der Waals surface area (Å²) in [5.74, 6) is -0.370. The largest absolute Gasteiger partial charge is 0.328 e. The average molecular weight is 197 g/mol. The van der Waals surface area contributed by atoms with Gasteiger partial charge in [-0.15, -0.1) is 0 Å². The quantitative estimate of drug-likeness (QED) is 0.621. The lowest BCUT2D eigenvalue weighted by Gasteiger charge is -2.24. The molecule has 1 fully saturated rings. The Bertz CT molecular complexity index is 244. The molecule has 0 N–H and O–H groups in total. The summed E-state index contributed by atoms with van der Waals surface area (Å²) in [6.07, 6.45) is 2.20. The van der Waals surface area contributed by atoms with E-state index < -0.39 is 0 Å². The first-order valence-electron chi connectivity index (χ1n) is 4.94. The van der Waals surface area contributed by atoms with E-state index in [4.69, 9.17) is 0 Å². The minimum atomic E-state index is -0.147. The van der Waals surface area contributed by atoms with Crippen molar-refractivity contribution in [3.8, 4) is 0 Å². The zero-order valence-electron chi connectivity index (χ0n) is 8.41. The fourth-order valence-corrected chi connectivity index (χ4v) is 1.48. The second-order valence-electron chi connectivity index (χ2n) is 3.61. The van der Waals surface area contributed by atoms with E-state index in [0.717, 1.165) is 12.8 Å². The number of piperidine rings is 1. The van der Waals surface area contributed by atoms with Crippen LogP contribution in [0.25, 0.3) is 0 Å². The van der Waals surface area contributed by atoms with E-state index in [-0.39, 0.29) is 37.0 Å². The van der Waals surface area contributed by atoms with Crippen LogP contribution in [0.1, 0.15) is 32.6 Å². The molecule has 0 aromatic rings. The van der Waals surface area contributed by atoms with E-state index in [1.54, 1.807) is 0 Å². The first-order valence-corrected chi connectivity index (χ1v) is 4.94. The molecule has 0 aromatic heterocycles. The summed E-state index contributed by atoms with van der Waals surface area (Å²) >= 11 is 0. The number of nitrogens with zero attached hydrogens (tertiary/aromatic N) is 1. The number of unbranched alkanes of at least 4 members (excludes halogenated alkanes) is 1. The number of Topliss-reactive ketones (excluding diaryl/α,β-unsaturated/α-hetero) is 2. The summed E-state index contributed by atoms with van der Waals surface area (Å²) in [4.78, 5) is 34.9. The van der Waals surface area contributed by atoms with E-state index in [1.807, 2.05) is 6.92 Å². The van der Waals surface area contributed by atoms with E-state index >= 15 is 0 Å². The second kappa shape index (κ2) is 4.88. The fourth-order valence-electron chi connectivity index (χ4n) is 1.48. The highest BCUT2D eigenvalue weighted by atomic mass is 16.2. The van der Waals surface area contributed by atoms with Crippen molar-refractivity contribution in [1.29, 1.82) is 0 Å². The molecule has 0 spiro atoms. The number of ketones is 2. The number of hydrogen-bond donors (Lipinski definition) is 0. The maximum atomic E-state index is 11.5. The molecule has 0 unspecified atom stereocenters. The highest BCUT2D eigenvalue weighted by molar-refractivity contribution is 6.05. The molecule has 1 aliphatic heterocycles. The maximum absolute atomic E-state index is 11.5. The summed E-state index contributed by atoms with van der Waals surface area (Å²) < 4.78 is 0. The zero-order valence-corrected chi connectivity index (χ0v) is 8.41. The lowest BCUT2D eigenvalue weighted by atomic mass is 10.1. The molecule has 0 aromatic carbocycles. The molecule has 4 heteroatoms. The second-order valence-corrected chi connectivity index (χ2v) is 3.61. The summed E-state index contributed by atoms with van der Waals surface area (Å²) in [6.45, 7) is 2.24. The Kier molecular flexibility index (Phi) is 3.80. The molecule has 0 atom stereocenters. The third kappa shape index (κ3) is 2.94. The molecule has 14 heavy (non-hydrogen) atoms. The molecular weight excluding hydrogens is 182 g/mol. The van der Waals surface area contributed by atoms with Crippen LogP contribution < -0.4 is 0 Å². The zero-order chi connectivity index (χ0) is 10.6. The van der Waals surface area contributed by atoms with Gasteiger partial charge in [0.25, 0.3) is 0 Å². The Balaban J connectivity index is 2.46. The van der Waals surface area contributed by atoms with Gasteiger partial charge >= 0.3 is 0 Å². The van der Waals surface area contributed by atoms with Crippen molar-refractivity contribution in [3.63, 3.8) is 0 Å². The van der Waals surface area contributed by atoms with Gasteiger partial charge in [0.2, 0.25) is 5.91 Å². The van der Waals surface area contributed by atoms with Gasteiger partial charge in [0.15, 0.2) is 11.6 Å². The van der Waals surface area contributed by atoms with Crippen molar-refractivity contribution in [2.24, 2.45) is 0 Å². The Hall–Kier alpha value is -1.19. The van der Waals surface area contributed by atoms with Crippen molar-refractivity contribution in [2.75, 3.05) is 13.1 Å². The molecule has 0 saturated carbocycles. The third-order valence-electron chi connectivity index (χ3n) is 2.23. The standard InChI is InChI=1S/C10H15NO3/c1-2-3-4-10(14)11-6-8(12)5-9(13)7-11/h2-7H2,1H3. The summed E-state index contributed by atoms with van der Waals surface area (Å²) in [7, 11) is 0. The number of likely N-dealkylation sites (tertiary alicyclic amines) is 1. The molecule has 1 saturated heterocycles. The van der Waals surface area contributed by atoms with Crippen LogP contribution in [0.15, 0.2) is 0 Å². The van der Waals surface area contributed by atoms with E-state index in [0.29, 0.717) is 6.42 Å². The van der Waals surface area contributed by atoms with Crippen molar-refractivity contribution in [1.82, 2.24) is 4.90 Å². The first-order chi connectivity index (χ1) is 6.63. The van der Waals surface area contributed by atoms with Gasteiger partial charge in [-0.2, -0.15) is 0 Å². The number of amides is 1. The Morgan fingerprint density at radius 2 is 1.86 bits per heavy atom. The number of carbonyl (C=O) groups excluding carboxylic acids is 3.